The summed E-state index contributed by atoms with van der Waals surface area (Å²) in [5.74, 6) is -0.401. The molecule has 0 spiro atoms. The van der Waals surface area contributed by atoms with E-state index in [4.69, 9.17) is 11.6 Å². The van der Waals surface area contributed by atoms with Crippen molar-refractivity contribution < 1.29 is 9.53 Å². The summed E-state index contributed by atoms with van der Waals surface area (Å²) in [4.78, 5) is 22.0. The molecule has 0 bridgehead atoms. The molecule has 2 heterocycles. The van der Waals surface area contributed by atoms with Gasteiger partial charge in [-0.15, -0.1) is 0 Å². The third kappa shape index (κ3) is 1.66. The number of carbonyl (C=O) groups excluding carboxylic acids is 1. The van der Waals surface area contributed by atoms with Gasteiger partial charge in [0.15, 0.2) is 5.15 Å². The van der Waals surface area contributed by atoms with Crippen LogP contribution in [0.2, 0.25) is 5.15 Å². The summed E-state index contributed by atoms with van der Waals surface area (Å²) < 4.78 is 4.54. The molecule has 0 atom stereocenters. The van der Waals surface area contributed by atoms with E-state index in [1.807, 2.05) is 6.92 Å². The van der Waals surface area contributed by atoms with Gasteiger partial charge < -0.3 is 9.72 Å². The fourth-order valence-electron chi connectivity index (χ4n) is 1.29. The molecule has 2 rings (SSSR count). The lowest BCUT2D eigenvalue weighted by Gasteiger charge is -1.93. The van der Waals surface area contributed by atoms with Crippen molar-refractivity contribution in [1.29, 1.82) is 0 Å². The average Bonchev–Trinajstić information content (AvgIpc) is 2.60. The molecule has 6 heteroatoms. The number of pyridine rings is 1. The number of rotatable bonds is 1. The van der Waals surface area contributed by atoms with Crippen LogP contribution in [0.3, 0.4) is 0 Å². The molecule has 0 saturated heterocycles. The Morgan fingerprint density at radius 3 is 2.93 bits per heavy atom. The first-order valence-electron chi connectivity index (χ1n) is 4.23. The van der Waals surface area contributed by atoms with E-state index < -0.39 is 5.97 Å². The largest absolute Gasteiger partial charge is 0.463 e. The zero-order chi connectivity index (χ0) is 11.0. The first kappa shape index (κ1) is 9.92. The maximum absolute atomic E-state index is 11.2. The van der Waals surface area contributed by atoms with Gasteiger partial charge in [0.25, 0.3) is 0 Å². The number of hydrogen-bond acceptors (Lipinski definition) is 4. The second-order valence-electron chi connectivity index (χ2n) is 3.03. The highest BCUT2D eigenvalue weighted by Gasteiger charge is 2.14. The lowest BCUT2D eigenvalue weighted by Crippen LogP contribution is -2.02. The van der Waals surface area contributed by atoms with E-state index in [0.29, 0.717) is 11.0 Å². The maximum atomic E-state index is 11.2. The Morgan fingerprint density at radius 2 is 2.27 bits per heavy atom. The van der Waals surface area contributed by atoms with Crippen LogP contribution in [0.25, 0.3) is 11.0 Å². The van der Waals surface area contributed by atoms with Gasteiger partial charge in [-0.1, -0.05) is 11.6 Å². The molecule has 1 N–H and O–H groups in total. The number of aromatic nitrogens is 3. The van der Waals surface area contributed by atoms with Crippen LogP contribution in [0.15, 0.2) is 6.07 Å². The fraction of sp³-hybridized carbons (Fsp3) is 0.222. The van der Waals surface area contributed by atoms with Crippen LogP contribution >= 0.6 is 11.6 Å². The quantitative estimate of drug-likeness (QED) is 0.593. The van der Waals surface area contributed by atoms with Crippen LogP contribution in [0.1, 0.15) is 16.3 Å². The standard InChI is InChI=1S/C9H8ClN3O2/c1-4-3-5-6(7(10)11-4)13-8(12-5)9(14)15-2/h3H,1-2H3,(H,12,13). The number of carbonyl (C=O) groups is 1. The molecular formula is C9H8ClN3O2. The highest BCUT2D eigenvalue weighted by Crippen LogP contribution is 2.20. The smallest absolute Gasteiger partial charge is 0.374 e. The fourth-order valence-corrected chi connectivity index (χ4v) is 1.57. The number of methoxy groups -OCH3 is 1. The lowest BCUT2D eigenvalue weighted by atomic mass is 10.3. The zero-order valence-corrected chi connectivity index (χ0v) is 8.92. The summed E-state index contributed by atoms with van der Waals surface area (Å²) >= 11 is 5.88. The third-order valence-corrected chi connectivity index (χ3v) is 2.20. The first-order chi connectivity index (χ1) is 7.11. The van der Waals surface area contributed by atoms with Gasteiger partial charge in [-0.05, 0) is 13.0 Å². The molecule has 0 saturated carbocycles. The molecule has 0 aliphatic rings. The van der Waals surface area contributed by atoms with Crippen LogP contribution in [0, 0.1) is 6.92 Å². The Balaban J connectivity index is 2.65. The van der Waals surface area contributed by atoms with Gasteiger partial charge in [-0.25, -0.2) is 14.8 Å². The van der Waals surface area contributed by atoms with Crippen LogP contribution in [0.4, 0.5) is 0 Å². The normalized spacial score (nSPS) is 10.6. The van der Waals surface area contributed by atoms with Gasteiger partial charge in [0, 0.05) is 5.69 Å². The maximum Gasteiger partial charge on any atom is 0.374 e. The van der Waals surface area contributed by atoms with Crippen LogP contribution in [-0.4, -0.2) is 28.0 Å². The number of halogens is 1. The molecule has 0 aromatic carbocycles. The number of nitrogens with one attached hydrogen (secondary N) is 1. The monoisotopic (exact) mass is 225 g/mol. The molecule has 78 valence electrons. The third-order valence-electron chi connectivity index (χ3n) is 1.93. The minimum atomic E-state index is -0.528. The van der Waals surface area contributed by atoms with Crippen molar-refractivity contribution in [2.45, 2.75) is 6.92 Å². The SMILES string of the molecule is COC(=O)c1nc2c(Cl)nc(C)cc2[nH]1. The number of H-pyrrole nitrogens is 1. The van der Waals surface area contributed by atoms with E-state index in [9.17, 15) is 4.79 Å². The Kier molecular flexibility index (Phi) is 2.32. The minimum absolute atomic E-state index is 0.127. The molecule has 2 aromatic heterocycles. The Morgan fingerprint density at radius 1 is 1.53 bits per heavy atom. The second-order valence-corrected chi connectivity index (χ2v) is 3.39. The Bertz CT molecular complexity index is 535. The van der Waals surface area contributed by atoms with Crippen molar-refractivity contribution in [3.63, 3.8) is 0 Å². The van der Waals surface area contributed by atoms with E-state index in [0.717, 1.165) is 5.69 Å². The van der Waals surface area contributed by atoms with Crippen molar-refractivity contribution in [3.05, 3.63) is 22.7 Å². The van der Waals surface area contributed by atoms with Gasteiger partial charge in [0.2, 0.25) is 5.82 Å². The topological polar surface area (TPSA) is 67.9 Å². The molecule has 0 unspecified atom stereocenters. The summed E-state index contributed by atoms with van der Waals surface area (Å²) in [6, 6.07) is 1.76. The Labute approximate surface area is 90.4 Å². The van der Waals surface area contributed by atoms with Crippen LogP contribution in [0.5, 0.6) is 0 Å². The summed E-state index contributed by atoms with van der Waals surface area (Å²) in [5, 5.41) is 0.274. The van der Waals surface area contributed by atoms with Crippen molar-refractivity contribution in [2.24, 2.45) is 0 Å². The van der Waals surface area contributed by atoms with Gasteiger partial charge in [0.1, 0.15) is 5.52 Å². The summed E-state index contributed by atoms with van der Waals surface area (Å²) in [5.41, 5.74) is 1.91. The number of aromatic amines is 1. The first-order valence-corrected chi connectivity index (χ1v) is 4.61. The van der Waals surface area contributed by atoms with E-state index in [-0.39, 0.29) is 11.0 Å². The van der Waals surface area contributed by atoms with Crippen LogP contribution in [-0.2, 0) is 4.74 Å². The number of hydrogen-bond donors (Lipinski definition) is 1. The summed E-state index contributed by atoms with van der Waals surface area (Å²) in [6.07, 6.45) is 0. The van der Waals surface area contributed by atoms with Crippen molar-refractivity contribution >= 4 is 28.6 Å². The number of aryl methyl sites for hydroxylation is 1. The highest BCUT2D eigenvalue weighted by atomic mass is 35.5. The summed E-state index contributed by atoms with van der Waals surface area (Å²) in [6.45, 7) is 1.81. The predicted octanol–water partition coefficient (Wildman–Crippen LogP) is 1.71. The number of imidazole rings is 1. The molecule has 0 aliphatic heterocycles. The zero-order valence-electron chi connectivity index (χ0n) is 8.17. The van der Waals surface area contributed by atoms with Crippen molar-refractivity contribution in [2.75, 3.05) is 7.11 Å². The van der Waals surface area contributed by atoms with Crippen LogP contribution < -0.4 is 0 Å². The molecule has 0 amide bonds. The minimum Gasteiger partial charge on any atom is -0.463 e. The number of nitrogens with zero attached hydrogens (tertiary/aromatic N) is 2. The molecule has 0 fully saturated rings. The number of ether oxygens (including phenoxy) is 1. The van der Waals surface area contributed by atoms with E-state index in [1.165, 1.54) is 7.11 Å². The lowest BCUT2D eigenvalue weighted by molar-refractivity contribution is 0.0588. The van der Waals surface area contributed by atoms with E-state index in [2.05, 4.69) is 19.7 Å². The van der Waals surface area contributed by atoms with Gasteiger partial charge >= 0.3 is 5.97 Å². The predicted molar refractivity (Wildman–Crippen MR) is 55.0 cm³/mol. The van der Waals surface area contributed by atoms with E-state index >= 15 is 0 Å². The second kappa shape index (κ2) is 3.51. The summed E-state index contributed by atoms with van der Waals surface area (Å²) in [7, 11) is 1.29. The average molecular weight is 226 g/mol. The van der Waals surface area contributed by atoms with Gasteiger partial charge in [0.05, 0.1) is 12.6 Å². The molecule has 0 aliphatic carbocycles. The van der Waals surface area contributed by atoms with Gasteiger partial charge in [-0.3, -0.25) is 0 Å². The number of esters is 1. The Hall–Kier alpha value is -1.62. The van der Waals surface area contributed by atoms with Gasteiger partial charge in [-0.2, -0.15) is 0 Å². The molecular weight excluding hydrogens is 218 g/mol. The number of fused-ring (bicyclic) bond motifs is 1. The molecule has 0 radical (unpaired) electrons. The van der Waals surface area contributed by atoms with E-state index in [1.54, 1.807) is 6.07 Å². The molecule has 15 heavy (non-hydrogen) atoms. The molecule has 2 aromatic rings. The van der Waals surface area contributed by atoms with Crippen molar-refractivity contribution in [1.82, 2.24) is 15.0 Å². The van der Waals surface area contributed by atoms with Crippen molar-refractivity contribution in [3.8, 4) is 0 Å². The highest BCUT2D eigenvalue weighted by molar-refractivity contribution is 6.33. The molecule has 5 nitrogen and oxygen atoms in total.